The minimum atomic E-state index is -0.549. The van der Waals surface area contributed by atoms with Crippen molar-refractivity contribution in [1.29, 1.82) is 0 Å². The zero-order chi connectivity index (χ0) is 16.5. The van der Waals surface area contributed by atoms with Crippen molar-refractivity contribution in [3.8, 4) is 5.75 Å². The van der Waals surface area contributed by atoms with E-state index in [0.717, 1.165) is 0 Å². The standard InChI is InChI=1S/C16H16FNO5/c17-12-4-6-13(7-5-12)21-9-2-10-23-15(19)11-18-16(20)14-3-1-8-22-14/h1,3-8H,2,9-11H2,(H,18,20). The van der Waals surface area contributed by atoms with E-state index in [1.165, 1.54) is 36.6 Å². The summed E-state index contributed by atoms with van der Waals surface area (Å²) in [5.41, 5.74) is 0. The lowest BCUT2D eigenvalue weighted by Gasteiger charge is -2.07. The van der Waals surface area contributed by atoms with E-state index in [1.807, 2.05) is 0 Å². The number of amides is 1. The molecule has 0 aliphatic carbocycles. The third-order valence-electron chi connectivity index (χ3n) is 2.77. The van der Waals surface area contributed by atoms with Gasteiger partial charge in [0, 0.05) is 6.42 Å². The van der Waals surface area contributed by atoms with Gasteiger partial charge >= 0.3 is 5.97 Å². The largest absolute Gasteiger partial charge is 0.493 e. The summed E-state index contributed by atoms with van der Waals surface area (Å²) in [6.07, 6.45) is 1.85. The fourth-order valence-electron chi connectivity index (χ4n) is 1.66. The predicted molar refractivity (Wildman–Crippen MR) is 78.5 cm³/mol. The second-order valence-corrected chi connectivity index (χ2v) is 4.54. The maximum absolute atomic E-state index is 12.7. The lowest BCUT2D eigenvalue weighted by atomic mass is 10.3. The summed E-state index contributed by atoms with van der Waals surface area (Å²) in [6.45, 7) is 0.257. The molecule has 1 heterocycles. The first kappa shape index (κ1) is 16.5. The van der Waals surface area contributed by atoms with Gasteiger partial charge in [0.2, 0.25) is 0 Å². The number of benzene rings is 1. The van der Waals surface area contributed by atoms with Crippen molar-refractivity contribution in [3.63, 3.8) is 0 Å². The smallest absolute Gasteiger partial charge is 0.325 e. The van der Waals surface area contributed by atoms with Crippen molar-refractivity contribution >= 4 is 11.9 Å². The van der Waals surface area contributed by atoms with Gasteiger partial charge < -0.3 is 19.2 Å². The van der Waals surface area contributed by atoms with Crippen LogP contribution in [0, 0.1) is 5.82 Å². The van der Waals surface area contributed by atoms with Crippen molar-refractivity contribution in [2.45, 2.75) is 6.42 Å². The van der Waals surface area contributed by atoms with E-state index in [9.17, 15) is 14.0 Å². The van der Waals surface area contributed by atoms with Crippen molar-refractivity contribution in [2.24, 2.45) is 0 Å². The number of carbonyl (C=O) groups excluding carboxylic acids is 2. The number of nitrogens with one attached hydrogen (secondary N) is 1. The molecule has 1 aromatic heterocycles. The Morgan fingerprint density at radius 1 is 1.13 bits per heavy atom. The molecule has 6 nitrogen and oxygen atoms in total. The highest BCUT2D eigenvalue weighted by Gasteiger charge is 2.10. The monoisotopic (exact) mass is 321 g/mol. The number of hydrogen-bond donors (Lipinski definition) is 1. The third-order valence-corrected chi connectivity index (χ3v) is 2.77. The third kappa shape index (κ3) is 5.82. The average Bonchev–Trinajstić information content (AvgIpc) is 3.08. The molecule has 0 bridgehead atoms. The minimum Gasteiger partial charge on any atom is -0.493 e. The Morgan fingerprint density at radius 3 is 2.61 bits per heavy atom. The number of carbonyl (C=O) groups is 2. The summed E-state index contributed by atoms with van der Waals surface area (Å²) in [6, 6.07) is 8.72. The number of rotatable bonds is 8. The van der Waals surface area contributed by atoms with Crippen LogP contribution in [-0.4, -0.2) is 31.6 Å². The van der Waals surface area contributed by atoms with Crippen LogP contribution in [0.15, 0.2) is 47.1 Å². The van der Waals surface area contributed by atoms with Crippen LogP contribution >= 0.6 is 0 Å². The van der Waals surface area contributed by atoms with Gasteiger partial charge in [0.25, 0.3) is 5.91 Å². The van der Waals surface area contributed by atoms with Gasteiger partial charge in [-0.05, 0) is 36.4 Å². The molecular formula is C16H16FNO5. The molecule has 2 aromatic rings. The number of halogens is 1. The molecule has 0 fully saturated rings. The summed E-state index contributed by atoms with van der Waals surface area (Å²) < 4.78 is 27.9. The topological polar surface area (TPSA) is 77.8 Å². The summed E-state index contributed by atoms with van der Waals surface area (Å²) in [5, 5.41) is 2.38. The number of furan rings is 1. The highest BCUT2D eigenvalue weighted by atomic mass is 19.1. The van der Waals surface area contributed by atoms with E-state index in [2.05, 4.69) is 5.32 Å². The molecule has 23 heavy (non-hydrogen) atoms. The molecule has 0 unspecified atom stereocenters. The van der Waals surface area contributed by atoms with Gasteiger partial charge in [0.1, 0.15) is 18.1 Å². The van der Waals surface area contributed by atoms with E-state index < -0.39 is 11.9 Å². The Kier molecular flexibility index (Phi) is 6.17. The van der Waals surface area contributed by atoms with Crippen molar-refractivity contribution < 1.29 is 27.9 Å². The van der Waals surface area contributed by atoms with Crippen LogP contribution in [0.1, 0.15) is 17.0 Å². The van der Waals surface area contributed by atoms with Crippen LogP contribution in [-0.2, 0) is 9.53 Å². The van der Waals surface area contributed by atoms with Gasteiger partial charge in [0.05, 0.1) is 19.5 Å². The molecule has 2 rings (SSSR count). The highest BCUT2D eigenvalue weighted by molar-refractivity contribution is 5.93. The van der Waals surface area contributed by atoms with E-state index >= 15 is 0 Å². The normalized spacial score (nSPS) is 10.1. The first-order valence-electron chi connectivity index (χ1n) is 7.01. The Balaban J connectivity index is 1.54. The lowest BCUT2D eigenvalue weighted by Crippen LogP contribution is -2.30. The van der Waals surface area contributed by atoms with Crippen LogP contribution in [0.25, 0.3) is 0 Å². The molecule has 0 radical (unpaired) electrons. The lowest BCUT2D eigenvalue weighted by molar-refractivity contribution is -0.142. The fraction of sp³-hybridized carbons (Fsp3) is 0.250. The van der Waals surface area contributed by atoms with Crippen LogP contribution in [0.3, 0.4) is 0 Å². The summed E-state index contributed by atoms with van der Waals surface area (Å²) in [5.74, 6) is -0.685. The van der Waals surface area contributed by atoms with Crippen LogP contribution < -0.4 is 10.1 Å². The molecule has 1 N–H and O–H groups in total. The number of esters is 1. The van der Waals surface area contributed by atoms with Crippen molar-refractivity contribution in [1.82, 2.24) is 5.32 Å². The zero-order valence-electron chi connectivity index (χ0n) is 12.3. The Morgan fingerprint density at radius 2 is 1.91 bits per heavy atom. The van der Waals surface area contributed by atoms with Gasteiger partial charge in [-0.2, -0.15) is 0 Å². The molecule has 0 spiro atoms. The highest BCUT2D eigenvalue weighted by Crippen LogP contribution is 2.11. The first-order valence-corrected chi connectivity index (χ1v) is 7.01. The zero-order valence-corrected chi connectivity index (χ0v) is 12.3. The van der Waals surface area contributed by atoms with Gasteiger partial charge in [-0.15, -0.1) is 0 Å². The minimum absolute atomic E-state index is 0.130. The van der Waals surface area contributed by atoms with E-state index in [-0.39, 0.29) is 24.7 Å². The van der Waals surface area contributed by atoms with Gasteiger partial charge in [-0.1, -0.05) is 0 Å². The number of ether oxygens (including phenoxy) is 2. The van der Waals surface area contributed by atoms with Gasteiger partial charge in [-0.25, -0.2) is 4.39 Å². The quantitative estimate of drug-likeness (QED) is 0.595. The molecule has 0 aliphatic heterocycles. The van der Waals surface area contributed by atoms with Gasteiger partial charge in [0.15, 0.2) is 5.76 Å². The molecule has 1 aromatic carbocycles. The average molecular weight is 321 g/mol. The Hall–Kier alpha value is -2.83. The predicted octanol–water partition coefficient (Wildman–Crippen LogP) is 2.16. The van der Waals surface area contributed by atoms with Crippen LogP contribution in [0.4, 0.5) is 4.39 Å². The first-order chi connectivity index (χ1) is 11.1. The van der Waals surface area contributed by atoms with Crippen molar-refractivity contribution in [2.75, 3.05) is 19.8 Å². The second-order valence-electron chi connectivity index (χ2n) is 4.54. The molecular weight excluding hydrogens is 305 g/mol. The van der Waals surface area contributed by atoms with E-state index in [4.69, 9.17) is 13.9 Å². The second kappa shape index (κ2) is 8.57. The molecule has 0 atom stereocenters. The van der Waals surface area contributed by atoms with Crippen molar-refractivity contribution in [3.05, 3.63) is 54.2 Å². The van der Waals surface area contributed by atoms with E-state index in [0.29, 0.717) is 18.8 Å². The number of hydrogen-bond acceptors (Lipinski definition) is 5. The molecule has 0 aliphatic rings. The maximum Gasteiger partial charge on any atom is 0.325 e. The molecule has 122 valence electrons. The molecule has 7 heteroatoms. The van der Waals surface area contributed by atoms with Crippen LogP contribution in [0.2, 0.25) is 0 Å². The van der Waals surface area contributed by atoms with E-state index in [1.54, 1.807) is 6.07 Å². The van der Waals surface area contributed by atoms with Gasteiger partial charge in [-0.3, -0.25) is 9.59 Å². The molecule has 0 saturated carbocycles. The SMILES string of the molecule is O=C(CNC(=O)c1ccco1)OCCCOc1ccc(F)cc1. The Bertz CT molecular complexity index is 624. The fourth-order valence-corrected chi connectivity index (χ4v) is 1.66. The van der Waals surface area contributed by atoms with Crippen LogP contribution in [0.5, 0.6) is 5.75 Å². The summed E-state index contributed by atoms with van der Waals surface area (Å²) >= 11 is 0. The molecule has 1 amide bonds. The summed E-state index contributed by atoms with van der Waals surface area (Å²) in [7, 11) is 0. The molecule has 0 saturated heterocycles. The summed E-state index contributed by atoms with van der Waals surface area (Å²) in [4.78, 5) is 22.9. The Labute approximate surface area is 132 Å². The maximum atomic E-state index is 12.7.